The molecule has 0 aromatic carbocycles. The fourth-order valence-electron chi connectivity index (χ4n) is 3.86. The Morgan fingerprint density at radius 2 is 1.83 bits per heavy atom. The van der Waals surface area contributed by atoms with E-state index in [1.807, 2.05) is 0 Å². The molecule has 1 aliphatic carbocycles. The van der Waals surface area contributed by atoms with Crippen LogP contribution < -0.4 is 0 Å². The number of Topliss-reactive ketones (excluding diaryl/α,β-unsaturated/α-hetero) is 1. The number of carbonyl (C=O) groups is 1. The highest BCUT2D eigenvalue weighted by molar-refractivity contribution is 5.82. The van der Waals surface area contributed by atoms with Gasteiger partial charge in [-0.2, -0.15) is 0 Å². The van der Waals surface area contributed by atoms with Gasteiger partial charge in [0, 0.05) is 25.6 Å². The van der Waals surface area contributed by atoms with Gasteiger partial charge in [0.1, 0.15) is 5.78 Å². The predicted octanol–water partition coefficient (Wildman–Crippen LogP) is 3.83. The van der Waals surface area contributed by atoms with Crippen molar-refractivity contribution in [3.63, 3.8) is 0 Å². The van der Waals surface area contributed by atoms with Crippen molar-refractivity contribution >= 4 is 5.78 Å². The first kappa shape index (κ1) is 14.0. The van der Waals surface area contributed by atoms with Crippen LogP contribution in [0.5, 0.6) is 0 Å². The first-order valence-corrected chi connectivity index (χ1v) is 7.59. The molecule has 0 amide bonds. The molecule has 2 aliphatic rings. The van der Waals surface area contributed by atoms with Crippen molar-refractivity contribution in [1.82, 2.24) is 0 Å². The zero-order valence-electron chi connectivity index (χ0n) is 12.2. The van der Waals surface area contributed by atoms with Gasteiger partial charge in [-0.15, -0.1) is 0 Å². The van der Waals surface area contributed by atoms with Gasteiger partial charge in [-0.05, 0) is 49.4 Å². The summed E-state index contributed by atoms with van der Waals surface area (Å²) in [6, 6.07) is 0. The molecule has 2 nitrogen and oxygen atoms in total. The Kier molecular flexibility index (Phi) is 4.47. The Morgan fingerprint density at radius 1 is 1.17 bits per heavy atom. The Morgan fingerprint density at radius 3 is 2.44 bits per heavy atom. The van der Waals surface area contributed by atoms with Crippen molar-refractivity contribution < 1.29 is 9.53 Å². The maximum Gasteiger partial charge on any atom is 0.136 e. The minimum atomic E-state index is 0.180. The summed E-state index contributed by atoms with van der Waals surface area (Å²) in [7, 11) is 0. The molecule has 0 spiro atoms. The molecule has 0 bridgehead atoms. The van der Waals surface area contributed by atoms with Crippen molar-refractivity contribution in [2.75, 3.05) is 13.2 Å². The predicted molar refractivity (Wildman–Crippen MR) is 73.5 cm³/mol. The van der Waals surface area contributed by atoms with E-state index in [-0.39, 0.29) is 5.41 Å². The Hall–Kier alpha value is -0.370. The number of ether oxygens (including phenoxy) is 1. The third-order valence-corrected chi connectivity index (χ3v) is 4.99. The molecule has 2 heteroatoms. The van der Waals surface area contributed by atoms with Crippen molar-refractivity contribution in [1.29, 1.82) is 0 Å². The molecule has 2 fully saturated rings. The lowest BCUT2D eigenvalue weighted by molar-refractivity contribution is -0.130. The fourth-order valence-corrected chi connectivity index (χ4v) is 3.86. The van der Waals surface area contributed by atoms with E-state index in [1.54, 1.807) is 0 Å². The minimum absolute atomic E-state index is 0.180. The quantitative estimate of drug-likeness (QED) is 0.763. The average Bonchev–Trinajstić information content (AvgIpc) is 2.29. The third kappa shape index (κ3) is 3.34. The summed E-state index contributed by atoms with van der Waals surface area (Å²) in [5.74, 6) is 2.19. The van der Waals surface area contributed by atoms with Crippen molar-refractivity contribution in [3.05, 3.63) is 0 Å². The number of carbonyl (C=O) groups excluding carboxylic acids is 1. The highest BCUT2D eigenvalue weighted by Crippen LogP contribution is 2.43. The van der Waals surface area contributed by atoms with E-state index in [1.165, 1.54) is 25.7 Å². The van der Waals surface area contributed by atoms with E-state index < -0.39 is 0 Å². The standard InChI is InChI=1S/C16H28O2/c1-12-4-5-14(15(17)10-12)16(2,3)11-13-6-8-18-9-7-13/h12-14H,4-11H2,1-3H3. The van der Waals surface area contributed by atoms with Crippen LogP contribution >= 0.6 is 0 Å². The van der Waals surface area contributed by atoms with E-state index in [0.29, 0.717) is 17.6 Å². The van der Waals surface area contributed by atoms with Crippen LogP contribution in [0.1, 0.15) is 59.3 Å². The van der Waals surface area contributed by atoms with Crippen molar-refractivity contribution in [2.24, 2.45) is 23.2 Å². The normalized spacial score (nSPS) is 31.6. The molecule has 1 aliphatic heterocycles. The second-order valence-electron chi connectivity index (χ2n) is 7.15. The zero-order chi connectivity index (χ0) is 13.2. The Bertz CT molecular complexity index is 289. The van der Waals surface area contributed by atoms with Crippen molar-refractivity contribution in [2.45, 2.75) is 59.3 Å². The summed E-state index contributed by atoms with van der Waals surface area (Å²) in [5.41, 5.74) is 0.180. The minimum Gasteiger partial charge on any atom is -0.381 e. The highest BCUT2D eigenvalue weighted by atomic mass is 16.5. The Labute approximate surface area is 111 Å². The van der Waals surface area contributed by atoms with E-state index in [2.05, 4.69) is 20.8 Å². The van der Waals surface area contributed by atoms with Gasteiger partial charge >= 0.3 is 0 Å². The molecule has 2 unspecified atom stereocenters. The molecule has 0 radical (unpaired) electrons. The van der Waals surface area contributed by atoms with Crippen LogP contribution in [0.25, 0.3) is 0 Å². The summed E-state index contributed by atoms with van der Waals surface area (Å²) < 4.78 is 5.43. The van der Waals surface area contributed by atoms with Crippen LogP contribution in [-0.2, 0) is 9.53 Å². The van der Waals surface area contributed by atoms with E-state index in [4.69, 9.17) is 4.74 Å². The topological polar surface area (TPSA) is 26.3 Å². The van der Waals surface area contributed by atoms with Gasteiger partial charge in [0.15, 0.2) is 0 Å². The molecule has 1 saturated carbocycles. The van der Waals surface area contributed by atoms with Gasteiger partial charge in [-0.1, -0.05) is 20.8 Å². The van der Waals surface area contributed by atoms with E-state index in [0.717, 1.165) is 32.0 Å². The molecule has 2 atom stereocenters. The second kappa shape index (κ2) is 5.73. The summed E-state index contributed by atoms with van der Waals surface area (Å²) >= 11 is 0. The lowest BCUT2D eigenvalue weighted by atomic mass is 9.64. The lowest BCUT2D eigenvalue weighted by Gasteiger charge is -2.40. The van der Waals surface area contributed by atoms with Gasteiger partial charge in [-0.25, -0.2) is 0 Å². The van der Waals surface area contributed by atoms with Crippen LogP contribution in [0.3, 0.4) is 0 Å². The summed E-state index contributed by atoms with van der Waals surface area (Å²) in [5, 5.41) is 0. The molecule has 0 N–H and O–H groups in total. The summed E-state index contributed by atoms with van der Waals surface area (Å²) in [6.45, 7) is 8.65. The molecule has 0 aromatic rings. The molecular formula is C16H28O2. The maximum absolute atomic E-state index is 12.3. The Balaban J connectivity index is 1.94. The zero-order valence-corrected chi connectivity index (χ0v) is 12.2. The lowest BCUT2D eigenvalue weighted by Crippen LogP contribution is -2.37. The molecule has 1 heterocycles. The van der Waals surface area contributed by atoms with Crippen LogP contribution in [0.4, 0.5) is 0 Å². The molecule has 18 heavy (non-hydrogen) atoms. The van der Waals surface area contributed by atoms with Crippen LogP contribution in [0.15, 0.2) is 0 Å². The van der Waals surface area contributed by atoms with Crippen molar-refractivity contribution in [3.8, 4) is 0 Å². The summed E-state index contributed by atoms with van der Waals surface area (Å²) in [4.78, 5) is 12.3. The summed E-state index contributed by atoms with van der Waals surface area (Å²) in [6.07, 6.45) is 6.70. The number of ketones is 1. The van der Waals surface area contributed by atoms with E-state index >= 15 is 0 Å². The monoisotopic (exact) mass is 252 g/mol. The smallest absolute Gasteiger partial charge is 0.136 e. The van der Waals surface area contributed by atoms with Crippen LogP contribution in [0, 0.1) is 23.2 Å². The van der Waals surface area contributed by atoms with Crippen LogP contribution in [0.2, 0.25) is 0 Å². The van der Waals surface area contributed by atoms with Crippen LogP contribution in [-0.4, -0.2) is 19.0 Å². The third-order valence-electron chi connectivity index (χ3n) is 4.99. The first-order valence-electron chi connectivity index (χ1n) is 7.59. The molecule has 0 aromatic heterocycles. The van der Waals surface area contributed by atoms with Gasteiger partial charge in [-0.3, -0.25) is 4.79 Å². The first-order chi connectivity index (χ1) is 8.49. The highest BCUT2D eigenvalue weighted by Gasteiger charge is 2.39. The number of hydrogen-bond acceptors (Lipinski definition) is 2. The number of hydrogen-bond donors (Lipinski definition) is 0. The SMILES string of the molecule is CC1CCC(C(C)(C)CC2CCOCC2)C(=O)C1. The van der Waals surface area contributed by atoms with Gasteiger partial charge in [0.05, 0.1) is 0 Å². The second-order valence-corrected chi connectivity index (χ2v) is 7.15. The molecule has 104 valence electrons. The van der Waals surface area contributed by atoms with E-state index in [9.17, 15) is 4.79 Å². The number of rotatable bonds is 3. The average molecular weight is 252 g/mol. The molecule has 2 rings (SSSR count). The largest absolute Gasteiger partial charge is 0.381 e. The van der Waals surface area contributed by atoms with Gasteiger partial charge in [0.2, 0.25) is 0 Å². The molecule has 1 saturated heterocycles. The maximum atomic E-state index is 12.3. The fraction of sp³-hybridized carbons (Fsp3) is 0.938. The molecular weight excluding hydrogens is 224 g/mol. The van der Waals surface area contributed by atoms with Gasteiger partial charge in [0.25, 0.3) is 0 Å². The van der Waals surface area contributed by atoms with Gasteiger partial charge < -0.3 is 4.74 Å².